The van der Waals surface area contributed by atoms with Gasteiger partial charge in [-0.3, -0.25) is 0 Å². The highest BCUT2D eigenvalue weighted by Gasteiger charge is 2.22. The fourth-order valence-electron chi connectivity index (χ4n) is 4.64. The Morgan fingerprint density at radius 3 is 2.66 bits per heavy atom. The summed E-state index contributed by atoms with van der Waals surface area (Å²) in [6.45, 7) is 1.82. The van der Waals surface area contributed by atoms with Crippen LogP contribution in [0.3, 0.4) is 0 Å². The van der Waals surface area contributed by atoms with Crippen molar-refractivity contribution in [3.05, 3.63) is 42.7 Å². The minimum atomic E-state index is -0.861. The van der Waals surface area contributed by atoms with Gasteiger partial charge in [0.15, 0.2) is 0 Å². The summed E-state index contributed by atoms with van der Waals surface area (Å²) in [7, 11) is 1.65. The van der Waals surface area contributed by atoms with Gasteiger partial charge >= 0.3 is 6.09 Å². The molecule has 10 heteroatoms. The number of piperidine rings is 1. The molecule has 0 radical (unpaired) electrons. The SMILES string of the molecule is COc1cc(-c2cnn(C3CCCCO3)c2)ccc1-c1ccc(NC2CCN(C(=O)O)CC2)nn1. The van der Waals surface area contributed by atoms with Gasteiger partial charge in [0.25, 0.3) is 0 Å². The minimum absolute atomic E-state index is 0.00536. The smallest absolute Gasteiger partial charge is 0.407 e. The number of benzene rings is 1. The van der Waals surface area contributed by atoms with Gasteiger partial charge in [-0.15, -0.1) is 10.2 Å². The van der Waals surface area contributed by atoms with Crippen molar-refractivity contribution in [2.45, 2.75) is 44.4 Å². The molecule has 2 N–H and O–H groups in total. The van der Waals surface area contributed by atoms with Crippen molar-refractivity contribution in [1.82, 2.24) is 24.9 Å². The van der Waals surface area contributed by atoms with Crippen LogP contribution in [-0.2, 0) is 4.74 Å². The summed E-state index contributed by atoms with van der Waals surface area (Å²) < 4.78 is 13.4. The van der Waals surface area contributed by atoms with Gasteiger partial charge in [0.2, 0.25) is 0 Å². The largest absolute Gasteiger partial charge is 0.496 e. The van der Waals surface area contributed by atoms with Crippen molar-refractivity contribution in [3.63, 3.8) is 0 Å². The van der Waals surface area contributed by atoms with Crippen LogP contribution in [0.2, 0.25) is 0 Å². The normalized spacial score (nSPS) is 18.9. The van der Waals surface area contributed by atoms with E-state index in [4.69, 9.17) is 14.6 Å². The van der Waals surface area contributed by atoms with Crippen molar-refractivity contribution in [2.75, 3.05) is 32.1 Å². The first-order valence-electron chi connectivity index (χ1n) is 12.0. The molecule has 1 atom stereocenters. The van der Waals surface area contributed by atoms with Crippen molar-refractivity contribution < 1.29 is 19.4 Å². The average Bonchev–Trinajstić information content (AvgIpc) is 3.40. The van der Waals surface area contributed by atoms with Crippen LogP contribution >= 0.6 is 0 Å². The Balaban J connectivity index is 1.27. The maximum absolute atomic E-state index is 11.1. The van der Waals surface area contributed by atoms with E-state index in [0.717, 1.165) is 55.4 Å². The van der Waals surface area contributed by atoms with Crippen LogP contribution in [-0.4, -0.2) is 68.9 Å². The summed E-state index contributed by atoms with van der Waals surface area (Å²) in [4.78, 5) is 12.5. The molecule has 2 fully saturated rings. The van der Waals surface area contributed by atoms with Gasteiger partial charge in [0, 0.05) is 43.1 Å². The fraction of sp³-hybridized carbons (Fsp3) is 0.440. The van der Waals surface area contributed by atoms with Crippen LogP contribution < -0.4 is 10.1 Å². The van der Waals surface area contributed by atoms with Gasteiger partial charge in [-0.05, 0) is 61.9 Å². The highest BCUT2D eigenvalue weighted by molar-refractivity contribution is 5.74. The van der Waals surface area contributed by atoms with Gasteiger partial charge in [0.1, 0.15) is 17.8 Å². The van der Waals surface area contributed by atoms with E-state index in [9.17, 15) is 4.79 Å². The van der Waals surface area contributed by atoms with Gasteiger partial charge in [0.05, 0.1) is 19.0 Å². The first-order valence-corrected chi connectivity index (χ1v) is 12.0. The Labute approximate surface area is 203 Å². The number of hydrogen-bond donors (Lipinski definition) is 2. The maximum Gasteiger partial charge on any atom is 0.407 e. The molecule has 5 rings (SSSR count). The van der Waals surface area contributed by atoms with Crippen LogP contribution in [0.25, 0.3) is 22.4 Å². The molecule has 2 aromatic heterocycles. The molecule has 1 unspecified atom stereocenters. The second-order valence-electron chi connectivity index (χ2n) is 8.94. The number of amides is 1. The molecule has 35 heavy (non-hydrogen) atoms. The molecule has 0 aliphatic carbocycles. The molecule has 0 spiro atoms. The lowest BCUT2D eigenvalue weighted by atomic mass is 10.0. The van der Waals surface area contributed by atoms with Crippen molar-refractivity contribution in [2.24, 2.45) is 0 Å². The maximum atomic E-state index is 11.1. The monoisotopic (exact) mass is 478 g/mol. The summed E-state index contributed by atoms with van der Waals surface area (Å²) >= 11 is 0. The van der Waals surface area contributed by atoms with E-state index in [1.807, 2.05) is 47.4 Å². The number of rotatable bonds is 6. The Hall–Kier alpha value is -3.66. The van der Waals surface area contributed by atoms with Crippen LogP contribution in [0, 0.1) is 0 Å². The number of aromatic nitrogens is 4. The van der Waals surface area contributed by atoms with E-state index >= 15 is 0 Å². The topological polar surface area (TPSA) is 115 Å². The number of likely N-dealkylation sites (tertiary alicyclic amines) is 1. The summed E-state index contributed by atoms with van der Waals surface area (Å²) in [5, 5.41) is 25.7. The number of ether oxygens (including phenoxy) is 2. The molecule has 0 bridgehead atoms. The fourth-order valence-corrected chi connectivity index (χ4v) is 4.64. The lowest BCUT2D eigenvalue weighted by Crippen LogP contribution is -2.41. The van der Waals surface area contributed by atoms with Crippen molar-refractivity contribution >= 4 is 11.9 Å². The van der Waals surface area contributed by atoms with Crippen LogP contribution in [0.1, 0.15) is 38.3 Å². The van der Waals surface area contributed by atoms with Gasteiger partial charge in [-0.1, -0.05) is 6.07 Å². The third-order valence-electron chi connectivity index (χ3n) is 6.65. The second kappa shape index (κ2) is 10.3. The number of carboxylic acid groups (broad SMARTS) is 1. The number of hydrogen-bond acceptors (Lipinski definition) is 7. The number of methoxy groups -OCH3 is 1. The molecule has 10 nitrogen and oxygen atoms in total. The Bertz CT molecular complexity index is 1150. The summed E-state index contributed by atoms with van der Waals surface area (Å²) in [6, 6.07) is 10.00. The molecule has 2 aliphatic rings. The van der Waals surface area contributed by atoms with Crippen LogP contribution in [0.15, 0.2) is 42.7 Å². The quantitative estimate of drug-likeness (QED) is 0.540. The van der Waals surface area contributed by atoms with Crippen LogP contribution in [0.5, 0.6) is 5.75 Å². The van der Waals surface area contributed by atoms with Gasteiger partial charge in [-0.25, -0.2) is 9.48 Å². The molecule has 1 amide bonds. The standard InChI is InChI=1S/C25H30N6O4/c1-34-22-14-17(18-15-26-31(16-18)24-4-2-3-13-35-24)5-6-20(22)21-7-8-23(29-28-21)27-19-9-11-30(12-10-19)25(32)33/h5-8,14-16,19,24H,2-4,9-13H2,1H3,(H,27,29)(H,32,33). The minimum Gasteiger partial charge on any atom is -0.496 e. The Morgan fingerprint density at radius 1 is 1.11 bits per heavy atom. The zero-order chi connectivity index (χ0) is 24.2. The molecule has 184 valence electrons. The summed E-state index contributed by atoms with van der Waals surface area (Å²) in [5.74, 6) is 1.38. The average molecular weight is 479 g/mol. The highest BCUT2D eigenvalue weighted by Crippen LogP contribution is 2.34. The lowest BCUT2D eigenvalue weighted by Gasteiger charge is -2.30. The molecule has 4 heterocycles. The van der Waals surface area contributed by atoms with Crippen LogP contribution in [0.4, 0.5) is 10.6 Å². The van der Waals surface area contributed by atoms with E-state index in [-0.39, 0.29) is 12.3 Å². The molecule has 2 saturated heterocycles. The predicted octanol–water partition coefficient (Wildman–Crippen LogP) is 4.27. The van der Waals surface area contributed by atoms with E-state index in [1.54, 1.807) is 7.11 Å². The molecule has 1 aromatic carbocycles. The molecular weight excluding hydrogens is 448 g/mol. The third kappa shape index (κ3) is 5.22. The third-order valence-corrected chi connectivity index (χ3v) is 6.65. The molecule has 0 saturated carbocycles. The number of nitrogens with one attached hydrogen (secondary N) is 1. The van der Waals surface area contributed by atoms with E-state index < -0.39 is 6.09 Å². The molecule has 3 aromatic rings. The van der Waals surface area contributed by atoms with Gasteiger partial charge < -0.3 is 24.8 Å². The van der Waals surface area contributed by atoms with Crippen molar-refractivity contribution in [3.8, 4) is 28.1 Å². The summed E-state index contributed by atoms with van der Waals surface area (Å²) in [5.41, 5.74) is 3.58. The Morgan fingerprint density at radius 2 is 1.97 bits per heavy atom. The first-order chi connectivity index (χ1) is 17.1. The number of anilines is 1. The first kappa shape index (κ1) is 23.1. The zero-order valence-corrected chi connectivity index (χ0v) is 19.8. The number of nitrogens with zero attached hydrogens (tertiary/aromatic N) is 5. The van der Waals surface area contributed by atoms with E-state index in [0.29, 0.717) is 30.4 Å². The second-order valence-corrected chi connectivity index (χ2v) is 8.94. The lowest BCUT2D eigenvalue weighted by molar-refractivity contribution is -0.0394. The Kier molecular flexibility index (Phi) is 6.80. The summed E-state index contributed by atoms with van der Waals surface area (Å²) in [6.07, 6.45) is 7.75. The van der Waals surface area contributed by atoms with Crippen molar-refractivity contribution in [1.29, 1.82) is 0 Å². The zero-order valence-electron chi connectivity index (χ0n) is 19.8. The van der Waals surface area contributed by atoms with Gasteiger partial charge in [-0.2, -0.15) is 5.10 Å². The number of carbonyl (C=O) groups is 1. The molecule has 2 aliphatic heterocycles. The highest BCUT2D eigenvalue weighted by atomic mass is 16.5. The van der Waals surface area contributed by atoms with E-state index in [2.05, 4.69) is 20.6 Å². The molecular formula is C25H30N6O4. The van der Waals surface area contributed by atoms with E-state index in [1.165, 1.54) is 4.90 Å². The predicted molar refractivity (Wildman–Crippen MR) is 130 cm³/mol.